The second-order valence-electron chi connectivity index (χ2n) is 4.19. The Morgan fingerprint density at radius 2 is 2.24 bits per heavy atom. The number of aliphatic hydroxyl groups excluding tert-OH is 1. The minimum Gasteiger partial charge on any atom is -0.487 e. The van der Waals surface area contributed by atoms with E-state index in [1.165, 1.54) is 25.3 Å². The predicted molar refractivity (Wildman–Crippen MR) is 75.4 cm³/mol. The van der Waals surface area contributed by atoms with Crippen molar-refractivity contribution in [2.45, 2.75) is 19.4 Å². The number of nitro benzene ring substituents is 1. The summed E-state index contributed by atoms with van der Waals surface area (Å²) in [5, 5.41) is 22.8. The van der Waals surface area contributed by atoms with Gasteiger partial charge in [-0.3, -0.25) is 10.1 Å². The van der Waals surface area contributed by atoms with Gasteiger partial charge in [0.2, 0.25) is 0 Å². The molecule has 0 amide bonds. The van der Waals surface area contributed by atoms with Gasteiger partial charge >= 0.3 is 11.7 Å². The molecule has 0 saturated carbocycles. The van der Waals surface area contributed by atoms with Crippen molar-refractivity contribution in [2.24, 2.45) is 0 Å². The highest BCUT2D eigenvalue weighted by atomic mass is 16.6. The third-order valence-electron chi connectivity index (χ3n) is 2.63. The van der Waals surface area contributed by atoms with Crippen LogP contribution in [0.3, 0.4) is 0 Å². The maximum atomic E-state index is 11.4. The molecule has 8 heteroatoms. The van der Waals surface area contributed by atoms with Crippen LogP contribution in [-0.4, -0.2) is 42.4 Å². The average Bonchev–Trinajstić information content (AvgIpc) is 2.49. The largest absolute Gasteiger partial charge is 0.487 e. The molecule has 116 valence electrons. The summed E-state index contributed by atoms with van der Waals surface area (Å²) >= 11 is 0. The zero-order valence-electron chi connectivity index (χ0n) is 11.9. The predicted octanol–water partition coefficient (Wildman–Crippen LogP) is 1.33. The molecule has 1 aromatic carbocycles. The molecular formula is C13H18N2O6. The number of hydrogen-bond donors (Lipinski definition) is 2. The summed E-state index contributed by atoms with van der Waals surface area (Å²) in [4.78, 5) is 21.8. The van der Waals surface area contributed by atoms with Gasteiger partial charge in [0.25, 0.3) is 0 Å². The van der Waals surface area contributed by atoms with Gasteiger partial charge in [0, 0.05) is 17.8 Å². The lowest BCUT2D eigenvalue weighted by Gasteiger charge is -2.16. The zero-order chi connectivity index (χ0) is 15.8. The van der Waals surface area contributed by atoms with Crippen molar-refractivity contribution in [1.29, 1.82) is 0 Å². The Kier molecular flexibility index (Phi) is 6.41. The number of aliphatic hydroxyl groups is 1. The summed E-state index contributed by atoms with van der Waals surface area (Å²) in [5.41, 5.74) is 0.253. The molecule has 1 aromatic rings. The maximum Gasteiger partial charge on any atom is 0.330 e. The molecular weight excluding hydrogens is 280 g/mol. The Labute approximate surface area is 121 Å². The minimum atomic E-state index is -0.949. The van der Waals surface area contributed by atoms with E-state index in [1.54, 1.807) is 0 Å². The lowest BCUT2D eigenvalue weighted by Crippen LogP contribution is -2.34. The van der Waals surface area contributed by atoms with Crippen LogP contribution < -0.4 is 10.1 Å². The molecule has 0 heterocycles. The van der Waals surface area contributed by atoms with E-state index in [1.807, 2.05) is 6.92 Å². The molecule has 0 aromatic heterocycles. The fraction of sp³-hybridized carbons (Fsp3) is 0.462. The number of benzene rings is 1. The summed E-state index contributed by atoms with van der Waals surface area (Å²) < 4.78 is 9.86. The molecule has 1 atom stereocenters. The van der Waals surface area contributed by atoms with Gasteiger partial charge < -0.3 is 19.9 Å². The summed E-state index contributed by atoms with van der Waals surface area (Å²) in [6.07, 6.45) is 0.705. The first-order valence-corrected chi connectivity index (χ1v) is 6.40. The lowest BCUT2D eigenvalue weighted by atomic mass is 10.2. The van der Waals surface area contributed by atoms with E-state index in [0.717, 1.165) is 0 Å². The first-order valence-electron chi connectivity index (χ1n) is 6.40. The van der Waals surface area contributed by atoms with Crippen LogP contribution in [0.2, 0.25) is 0 Å². The quantitative estimate of drug-likeness (QED) is 0.423. The normalized spacial score (nSPS) is 11.6. The lowest BCUT2D eigenvalue weighted by molar-refractivity contribution is -0.385. The van der Waals surface area contributed by atoms with E-state index in [4.69, 9.17) is 9.84 Å². The van der Waals surface area contributed by atoms with E-state index >= 15 is 0 Å². The summed E-state index contributed by atoms with van der Waals surface area (Å²) in [6.45, 7) is 1.76. The van der Waals surface area contributed by atoms with Crippen molar-refractivity contribution in [3.05, 3.63) is 28.3 Å². The van der Waals surface area contributed by atoms with Crippen LogP contribution >= 0.6 is 0 Å². The Balaban J connectivity index is 2.98. The van der Waals surface area contributed by atoms with Gasteiger partial charge in [-0.25, -0.2) is 4.79 Å². The number of ether oxygens (including phenoxy) is 2. The van der Waals surface area contributed by atoms with Crippen molar-refractivity contribution in [3.8, 4) is 5.75 Å². The first-order chi connectivity index (χ1) is 10.0. The number of carbonyl (C=O) groups excluding carboxylic acids is 1. The van der Waals surface area contributed by atoms with Gasteiger partial charge in [0.1, 0.15) is 6.04 Å². The highest BCUT2D eigenvalue weighted by Crippen LogP contribution is 2.30. The molecule has 2 N–H and O–H groups in total. The van der Waals surface area contributed by atoms with Crippen LogP contribution in [0.25, 0.3) is 0 Å². The number of nitrogens with one attached hydrogen (secondary N) is 1. The maximum absolute atomic E-state index is 11.4. The monoisotopic (exact) mass is 298 g/mol. The van der Waals surface area contributed by atoms with Crippen molar-refractivity contribution in [3.63, 3.8) is 0 Å². The molecule has 0 bridgehead atoms. The van der Waals surface area contributed by atoms with E-state index < -0.39 is 23.5 Å². The number of rotatable bonds is 8. The van der Waals surface area contributed by atoms with Crippen molar-refractivity contribution >= 4 is 17.3 Å². The summed E-state index contributed by atoms with van der Waals surface area (Å²) in [7, 11) is 1.21. The van der Waals surface area contributed by atoms with E-state index in [2.05, 4.69) is 10.1 Å². The van der Waals surface area contributed by atoms with Crippen molar-refractivity contribution in [1.82, 2.24) is 0 Å². The van der Waals surface area contributed by atoms with Crippen molar-refractivity contribution < 1.29 is 24.3 Å². The number of nitro groups is 1. The van der Waals surface area contributed by atoms with Gasteiger partial charge in [-0.2, -0.15) is 0 Å². The highest BCUT2D eigenvalue weighted by molar-refractivity contribution is 5.79. The standard InChI is InChI=1S/C13H18N2O6/c1-3-6-21-12-7-9(4-5-11(12)15(18)19)14-10(8-16)13(17)20-2/h4-5,7,10,14,16H,3,6,8H2,1-2H3. The highest BCUT2D eigenvalue weighted by Gasteiger charge is 2.20. The number of carbonyl (C=O) groups is 1. The molecule has 0 aliphatic carbocycles. The molecule has 0 aliphatic rings. The smallest absolute Gasteiger partial charge is 0.330 e. The molecule has 0 saturated heterocycles. The molecule has 8 nitrogen and oxygen atoms in total. The minimum absolute atomic E-state index is 0.105. The molecule has 0 fully saturated rings. The number of hydrogen-bond acceptors (Lipinski definition) is 7. The fourth-order valence-electron chi connectivity index (χ4n) is 1.60. The summed E-state index contributed by atoms with van der Waals surface area (Å²) in [6, 6.07) is 3.18. The first kappa shape index (κ1) is 16.7. The van der Waals surface area contributed by atoms with Gasteiger partial charge in [0.05, 0.1) is 25.2 Å². The van der Waals surface area contributed by atoms with E-state index in [-0.39, 0.29) is 11.4 Å². The molecule has 0 aliphatic heterocycles. The Morgan fingerprint density at radius 1 is 1.52 bits per heavy atom. The Hall–Kier alpha value is -2.35. The average molecular weight is 298 g/mol. The third-order valence-corrected chi connectivity index (χ3v) is 2.63. The molecule has 0 radical (unpaired) electrons. The van der Waals surface area contributed by atoms with E-state index in [9.17, 15) is 14.9 Å². The second-order valence-corrected chi connectivity index (χ2v) is 4.19. The van der Waals surface area contributed by atoms with Crippen LogP contribution in [-0.2, 0) is 9.53 Å². The van der Waals surface area contributed by atoms with Gasteiger partial charge in [-0.15, -0.1) is 0 Å². The van der Waals surface area contributed by atoms with Crippen LogP contribution in [0.1, 0.15) is 13.3 Å². The number of esters is 1. The molecule has 1 rings (SSSR count). The number of nitrogens with zero attached hydrogens (tertiary/aromatic N) is 1. The number of anilines is 1. The Bertz CT molecular complexity index is 505. The van der Waals surface area contributed by atoms with Gasteiger partial charge in [-0.1, -0.05) is 6.92 Å². The van der Waals surface area contributed by atoms with Gasteiger partial charge in [-0.05, 0) is 12.5 Å². The van der Waals surface area contributed by atoms with Crippen molar-refractivity contribution in [2.75, 3.05) is 25.6 Å². The fourth-order valence-corrected chi connectivity index (χ4v) is 1.60. The zero-order valence-corrected chi connectivity index (χ0v) is 11.9. The molecule has 0 spiro atoms. The van der Waals surface area contributed by atoms with Gasteiger partial charge in [0.15, 0.2) is 5.75 Å². The number of methoxy groups -OCH3 is 1. The van der Waals surface area contributed by atoms with Crippen LogP contribution in [0.15, 0.2) is 18.2 Å². The SMILES string of the molecule is CCCOc1cc(NC(CO)C(=O)OC)ccc1[N+](=O)[O-]. The Morgan fingerprint density at radius 3 is 2.76 bits per heavy atom. The van der Waals surface area contributed by atoms with Crippen LogP contribution in [0.4, 0.5) is 11.4 Å². The molecule has 1 unspecified atom stereocenters. The summed E-state index contributed by atoms with van der Waals surface area (Å²) in [5.74, 6) is -0.528. The molecule has 21 heavy (non-hydrogen) atoms. The van der Waals surface area contributed by atoms with Crippen LogP contribution in [0, 0.1) is 10.1 Å². The second kappa shape index (κ2) is 8.05. The van der Waals surface area contributed by atoms with E-state index in [0.29, 0.717) is 18.7 Å². The van der Waals surface area contributed by atoms with Crippen LogP contribution in [0.5, 0.6) is 5.75 Å². The topological polar surface area (TPSA) is 111 Å². The third kappa shape index (κ3) is 4.60.